The van der Waals surface area contributed by atoms with Crippen molar-refractivity contribution in [1.82, 2.24) is 0 Å². The number of hydrogen-bond acceptors (Lipinski definition) is 10. The fourth-order valence-electron chi connectivity index (χ4n) is 4.54. The van der Waals surface area contributed by atoms with Gasteiger partial charge >= 0.3 is 0 Å². The van der Waals surface area contributed by atoms with Gasteiger partial charge in [0.15, 0.2) is 23.0 Å². The maximum atomic E-state index is 6.07. The number of nitrogens with zero attached hydrogens (tertiary/aromatic N) is 2. The second-order valence-electron chi connectivity index (χ2n) is 9.08. The molecular formula is C28H38N2O8. The topological polar surface area (TPSA) is 80.3 Å². The minimum absolute atomic E-state index is 0.405. The van der Waals surface area contributed by atoms with Crippen molar-refractivity contribution in [2.75, 3.05) is 115 Å². The van der Waals surface area contributed by atoms with Crippen LogP contribution >= 0.6 is 0 Å². The summed E-state index contributed by atoms with van der Waals surface area (Å²) in [6.45, 7) is 9.72. The number of ether oxygens (including phenoxy) is 8. The normalized spacial score (nSPS) is 20.3. The quantitative estimate of drug-likeness (QED) is 0.578. The molecule has 2 aromatic carbocycles. The summed E-state index contributed by atoms with van der Waals surface area (Å²) in [5, 5.41) is 0. The number of fused-ring (bicyclic) bond motifs is 2. The summed E-state index contributed by atoms with van der Waals surface area (Å²) in [5.74, 6) is 2.78. The number of anilines is 2. The molecule has 0 bridgehead atoms. The van der Waals surface area contributed by atoms with Gasteiger partial charge in [-0.3, -0.25) is 0 Å². The first-order valence-electron chi connectivity index (χ1n) is 13.5. The zero-order valence-electron chi connectivity index (χ0n) is 21.9. The van der Waals surface area contributed by atoms with Gasteiger partial charge in [0, 0.05) is 49.7 Å². The lowest BCUT2D eigenvalue weighted by atomic mass is 10.2. The highest BCUT2D eigenvalue weighted by atomic mass is 16.6. The highest BCUT2D eigenvalue weighted by Crippen LogP contribution is 2.34. The lowest BCUT2D eigenvalue weighted by Crippen LogP contribution is -2.36. The van der Waals surface area contributed by atoms with Gasteiger partial charge < -0.3 is 47.7 Å². The van der Waals surface area contributed by atoms with Crippen LogP contribution in [0.4, 0.5) is 11.4 Å². The van der Waals surface area contributed by atoms with Gasteiger partial charge in [-0.25, -0.2) is 0 Å². The van der Waals surface area contributed by atoms with Crippen LogP contribution in [0.3, 0.4) is 0 Å². The minimum atomic E-state index is 0.405. The van der Waals surface area contributed by atoms with Gasteiger partial charge in [0.05, 0.1) is 52.9 Å². The molecule has 0 radical (unpaired) electrons. The second kappa shape index (κ2) is 14.3. The molecule has 0 atom stereocenters. The average Bonchev–Trinajstić information content (AvgIpc) is 2.97. The van der Waals surface area contributed by atoms with Crippen LogP contribution in [0, 0.1) is 0 Å². The van der Waals surface area contributed by atoms with Crippen LogP contribution in [-0.4, -0.2) is 105 Å². The molecule has 3 heterocycles. The van der Waals surface area contributed by atoms with E-state index in [0.717, 1.165) is 64.0 Å². The first kappa shape index (κ1) is 26.7. The Labute approximate surface area is 224 Å². The highest BCUT2D eigenvalue weighted by molar-refractivity contribution is 5.57. The predicted molar refractivity (Wildman–Crippen MR) is 143 cm³/mol. The lowest BCUT2D eigenvalue weighted by molar-refractivity contribution is 0.0640. The van der Waals surface area contributed by atoms with Gasteiger partial charge in [0.1, 0.15) is 26.4 Å². The Morgan fingerprint density at radius 1 is 0.368 bits per heavy atom. The van der Waals surface area contributed by atoms with Crippen molar-refractivity contribution >= 4 is 11.4 Å². The number of hydrogen-bond donors (Lipinski definition) is 0. The molecule has 2 aromatic rings. The van der Waals surface area contributed by atoms with Crippen LogP contribution < -0.4 is 28.7 Å². The molecule has 0 aliphatic carbocycles. The number of rotatable bonds is 2. The zero-order valence-corrected chi connectivity index (χ0v) is 21.9. The molecular weight excluding hydrogens is 492 g/mol. The van der Waals surface area contributed by atoms with Crippen molar-refractivity contribution in [3.05, 3.63) is 36.4 Å². The second-order valence-corrected chi connectivity index (χ2v) is 9.08. The van der Waals surface area contributed by atoms with Gasteiger partial charge in [-0.1, -0.05) is 0 Å². The molecule has 0 spiro atoms. The largest absolute Gasteiger partial charge is 0.487 e. The fraction of sp³-hybridized carbons (Fsp3) is 0.571. The summed E-state index contributed by atoms with van der Waals surface area (Å²) in [6.07, 6.45) is 0. The first-order valence-corrected chi connectivity index (χ1v) is 13.5. The molecule has 0 unspecified atom stereocenters. The molecule has 10 heteroatoms. The van der Waals surface area contributed by atoms with Crippen LogP contribution in [-0.2, 0) is 18.9 Å². The molecule has 0 saturated carbocycles. The third-order valence-electron chi connectivity index (χ3n) is 6.55. The van der Waals surface area contributed by atoms with Crippen LogP contribution in [0.15, 0.2) is 36.4 Å². The predicted octanol–water partition coefficient (Wildman–Crippen LogP) is 2.62. The van der Waals surface area contributed by atoms with E-state index in [0.29, 0.717) is 75.9 Å². The third kappa shape index (κ3) is 7.57. The maximum Gasteiger partial charge on any atom is 0.163 e. The molecule has 0 amide bonds. The molecule has 5 rings (SSSR count). The van der Waals surface area contributed by atoms with E-state index in [1.165, 1.54) is 0 Å². The summed E-state index contributed by atoms with van der Waals surface area (Å²) >= 11 is 0. The Balaban J connectivity index is 1.19. The first-order chi connectivity index (χ1) is 18.9. The van der Waals surface area contributed by atoms with Crippen molar-refractivity contribution < 1.29 is 37.9 Å². The summed E-state index contributed by atoms with van der Waals surface area (Å²) in [4.78, 5) is 4.58. The summed E-state index contributed by atoms with van der Waals surface area (Å²) in [7, 11) is 0. The molecule has 0 aromatic heterocycles. The summed E-state index contributed by atoms with van der Waals surface area (Å²) in [6, 6.07) is 12.1. The lowest BCUT2D eigenvalue weighted by Gasteiger charge is -2.29. The average molecular weight is 531 g/mol. The maximum absolute atomic E-state index is 6.07. The van der Waals surface area contributed by atoms with E-state index in [1.54, 1.807) is 0 Å². The monoisotopic (exact) mass is 530 g/mol. The SMILES string of the molecule is c1cc2c(cc1N1CCOCC1)OCCOCCOc1ccc(N3CCOCC3)cc1OCCOCCO2. The molecule has 3 aliphatic rings. The highest BCUT2D eigenvalue weighted by Gasteiger charge is 2.16. The van der Waals surface area contributed by atoms with Crippen molar-refractivity contribution in [3.63, 3.8) is 0 Å². The molecule has 2 saturated heterocycles. The summed E-state index contributed by atoms with van der Waals surface area (Å²) in [5.41, 5.74) is 2.19. The molecule has 0 N–H and O–H groups in total. The fourth-order valence-corrected chi connectivity index (χ4v) is 4.54. The Kier molecular flexibility index (Phi) is 10.0. The van der Waals surface area contributed by atoms with Gasteiger partial charge in [0.25, 0.3) is 0 Å². The van der Waals surface area contributed by atoms with E-state index in [9.17, 15) is 0 Å². The molecule has 3 aliphatic heterocycles. The Bertz CT molecular complexity index is 915. The standard InChI is InChI=1S/C28H38N2O8/c1-3-25-27(21-23(1)29-5-9-31-10-6-29)37-19-15-34-14-18-36-26-4-2-24(30-7-11-32-12-8-30)22-28(26)38-20-16-33-13-17-35-25/h1-4,21-22H,5-20H2. The van der Waals surface area contributed by atoms with Gasteiger partial charge in [-0.2, -0.15) is 0 Å². The number of morpholine rings is 2. The van der Waals surface area contributed by atoms with Gasteiger partial charge in [0.2, 0.25) is 0 Å². The molecule has 38 heavy (non-hydrogen) atoms. The molecule has 2 fully saturated rings. The zero-order chi connectivity index (χ0) is 25.8. The Morgan fingerprint density at radius 2 is 0.711 bits per heavy atom. The Hall–Kier alpha value is -2.92. The van der Waals surface area contributed by atoms with Crippen LogP contribution in [0.1, 0.15) is 0 Å². The van der Waals surface area contributed by atoms with Crippen molar-refractivity contribution in [2.24, 2.45) is 0 Å². The summed E-state index contributed by atoms with van der Waals surface area (Å²) < 4.78 is 46.7. The third-order valence-corrected chi connectivity index (χ3v) is 6.55. The van der Waals surface area contributed by atoms with E-state index >= 15 is 0 Å². The smallest absolute Gasteiger partial charge is 0.163 e. The van der Waals surface area contributed by atoms with E-state index in [1.807, 2.05) is 24.3 Å². The van der Waals surface area contributed by atoms with Crippen molar-refractivity contribution in [2.45, 2.75) is 0 Å². The minimum Gasteiger partial charge on any atom is -0.487 e. The Morgan fingerprint density at radius 3 is 1.11 bits per heavy atom. The van der Waals surface area contributed by atoms with E-state index in [-0.39, 0.29) is 0 Å². The van der Waals surface area contributed by atoms with Crippen LogP contribution in [0.5, 0.6) is 23.0 Å². The van der Waals surface area contributed by atoms with Crippen LogP contribution in [0.2, 0.25) is 0 Å². The van der Waals surface area contributed by atoms with E-state index < -0.39 is 0 Å². The van der Waals surface area contributed by atoms with Crippen molar-refractivity contribution in [3.8, 4) is 23.0 Å². The number of benzene rings is 2. The van der Waals surface area contributed by atoms with Crippen LogP contribution in [0.25, 0.3) is 0 Å². The van der Waals surface area contributed by atoms with Crippen molar-refractivity contribution in [1.29, 1.82) is 0 Å². The van der Waals surface area contributed by atoms with Gasteiger partial charge in [-0.15, -0.1) is 0 Å². The van der Waals surface area contributed by atoms with E-state index in [2.05, 4.69) is 21.9 Å². The molecule has 10 nitrogen and oxygen atoms in total. The van der Waals surface area contributed by atoms with Gasteiger partial charge in [-0.05, 0) is 24.3 Å². The van der Waals surface area contributed by atoms with E-state index in [4.69, 9.17) is 37.9 Å². The molecule has 208 valence electrons.